The Balaban J connectivity index is 1.89. The molecule has 1 fully saturated rings. The molecule has 108 valence electrons. The normalized spacial score (nSPS) is 14.3. The lowest BCUT2D eigenvalue weighted by molar-refractivity contribution is -0.129. The highest BCUT2D eigenvalue weighted by Crippen LogP contribution is 2.22. The van der Waals surface area contributed by atoms with Gasteiger partial charge in [-0.05, 0) is 25.0 Å². The molecule has 1 aliphatic heterocycles. The number of nitrogens with one attached hydrogen (secondary N) is 1. The van der Waals surface area contributed by atoms with E-state index in [1.54, 1.807) is 18.2 Å². The van der Waals surface area contributed by atoms with Gasteiger partial charge >= 0.3 is 0 Å². The molecule has 2 amide bonds. The van der Waals surface area contributed by atoms with Gasteiger partial charge in [0, 0.05) is 26.1 Å². The minimum atomic E-state index is -0.556. The van der Waals surface area contributed by atoms with Gasteiger partial charge < -0.3 is 21.7 Å². The lowest BCUT2D eigenvalue weighted by Gasteiger charge is -2.16. The van der Waals surface area contributed by atoms with Crippen molar-refractivity contribution in [1.29, 1.82) is 0 Å². The third-order valence-electron chi connectivity index (χ3n) is 3.48. The van der Waals surface area contributed by atoms with Crippen molar-refractivity contribution in [2.75, 3.05) is 30.7 Å². The molecule has 0 atom stereocenters. The second-order valence-corrected chi connectivity index (χ2v) is 4.90. The number of hydrogen-bond donors (Lipinski definition) is 3. The van der Waals surface area contributed by atoms with Crippen LogP contribution in [0.5, 0.6) is 0 Å². The van der Waals surface area contributed by atoms with Crippen molar-refractivity contribution in [3.8, 4) is 0 Å². The number of carbonyl (C=O) groups excluding carboxylic acids is 2. The first-order valence-corrected chi connectivity index (χ1v) is 6.79. The Morgan fingerprint density at radius 1 is 1.25 bits per heavy atom. The number of para-hydroxylation sites is 1. The number of benzene rings is 1. The molecule has 1 heterocycles. The number of nitrogens with zero attached hydrogens (tertiary/aromatic N) is 1. The summed E-state index contributed by atoms with van der Waals surface area (Å²) < 4.78 is 0. The van der Waals surface area contributed by atoms with Crippen LogP contribution in [0.2, 0.25) is 0 Å². The van der Waals surface area contributed by atoms with Gasteiger partial charge in [-0.3, -0.25) is 9.59 Å². The number of anilines is 2. The summed E-state index contributed by atoms with van der Waals surface area (Å²) in [4.78, 5) is 24.9. The van der Waals surface area contributed by atoms with Crippen molar-refractivity contribution >= 4 is 23.2 Å². The minimum absolute atomic E-state index is 0.152. The Hall–Kier alpha value is -2.24. The largest absolute Gasteiger partial charge is 0.396 e. The van der Waals surface area contributed by atoms with E-state index in [0.717, 1.165) is 25.9 Å². The molecule has 1 saturated heterocycles. The van der Waals surface area contributed by atoms with Crippen molar-refractivity contribution in [3.63, 3.8) is 0 Å². The van der Waals surface area contributed by atoms with E-state index in [0.29, 0.717) is 29.9 Å². The number of likely N-dealkylation sites (tertiary alicyclic amines) is 1. The fraction of sp³-hybridized carbons (Fsp3) is 0.429. The van der Waals surface area contributed by atoms with Crippen molar-refractivity contribution in [1.82, 2.24) is 4.90 Å². The minimum Gasteiger partial charge on any atom is -0.396 e. The van der Waals surface area contributed by atoms with Crippen LogP contribution in [-0.2, 0) is 4.79 Å². The topological polar surface area (TPSA) is 101 Å². The molecule has 1 aromatic carbocycles. The number of nitrogen functional groups attached to an aromatic ring is 1. The molecular formula is C14H20N4O2. The number of amides is 2. The summed E-state index contributed by atoms with van der Waals surface area (Å²) in [6.45, 7) is 2.21. The van der Waals surface area contributed by atoms with Gasteiger partial charge in [-0.25, -0.2) is 0 Å². The molecule has 20 heavy (non-hydrogen) atoms. The SMILES string of the molecule is NC(=O)c1cccc(NCCC(=O)N2CCCC2)c1N. The lowest BCUT2D eigenvalue weighted by atomic mass is 10.1. The van der Waals surface area contributed by atoms with E-state index in [9.17, 15) is 9.59 Å². The number of hydrogen-bond acceptors (Lipinski definition) is 4. The van der Waals surface area contributed by atoms with Gasteiger partial charge in [0.2, 0.25) is 5.91 Å². The third kappa shape index (κ3) is 3.20. The van der Waals surface area contributed by atoms with E-state index in [1.165, 1.54) is 0 Å². The molecule has 0 saturated carbocycles. The van der Waals surface area contributed by atoms with E-state index >= 15 is 0 Å². The van der Waals surface area contributed by atoms with Crippen molar-refractivity contribution in [2.45, 2.75) is 19.3 Å². The Morgan fingerprint density at radius 2 is 1.95 bits per heavy atom. The van der Waals surface area contributed by atoms with Gasteiger partial charge in [0.15, 0.2) is 0 Å². The molecule has 2 rings (SSSR count). The van der Waals surface area contributed by atoms with Crippen molar-refractivity contribution < 1.29 is 9.59 Å². The predicted molar refractivity (Wildman–Crippen MR) is 78.3 cm³/mol. The Labute approximate surface area is 118 Å². The monoisotopic (exact) mass is 276 g/mol. The number of rotatable bonds is 5. The first-order valence-electron chi connectivity index (χ1n) is 6.79. The first-order chi connectivity index (χ1) is 9.59. The lowest BCUT2D eigenvalue weighted by Crippen LogP contribution is -2.29. The van der Waals surface area contributed by atoms with Crippen LogP contribution in [0.4, 0.5) is 11.4 Å². The molecule has 6 nitrogen and oxygen atoms in total. The molecule has 5 N–H and O–H groups in total. The number of nitrogens with two attached hydrogens (primary N) is 2. The summed E-state index contributed by atoms with van der Waals surface area (Å²) in [5, 5.41) is 3.08. The molecule has 0 bridgehead atoms. The van der Waals surface area contributed by atoms with E-state index < -0.39 is 5.91 Å². The van der Waals surface area contributed by atoms with E-state index in [2.05, 4.69) is 5.32 Å². The maximum absolute atomic E-state index is 11.9. The smallest absolute Gasteiger partial charge is 0.250 e. The Bertz CT molecular complexity index is 510. The average Bonchev–Trinajstić information content (AvgIpc) is 2.94. The number of primary amides is 1. The van der Waals surface area contributed by atoms with Crippen LogP contribution in [0.3, 0.4) is 0 Å². The van der Waals surface area contributed by atoms with Crippen LogP contribution < -0.4 is 16.8 Å². The molecule has 0 radical (unpaired) electrons. The fourth-order valence-electron chi connectivity index (χ4n) is 2.36. The summed E-state index contributed by atoms with van der Waals surface area (Å²) in [5.41, 5.74) is 12.4. The van der Waals surface area contributed by atoms with E-state index in [1.807, 2.05) is 4.90 Å². The van der Waals surface area contributed by atoms with E-state index in [4.69, 9.17) is 11.5 Å². The Morgan fingerprint density at radius 3 is 2.60 bits per heavy atom. The molecule has 1 aliphatic rings. The van der Waals surface area contributed by atoms with Crippen LogP contribution in [0.1, 0.15) is 29.6 Å². The van der Waals surface area contributed by atoms with Crippen LogP contribution >= 0.6 is 0 Å². The maximum atomic E-state index is 11.9. The second kappa shape index (κ2) is 6.27. The average molecular weight is 276 g/mol. The zero-order valence-corrected chi connectivity index (χ0v) is 11.4. The molecular weight excluding hydrogens is 256 g/mol. The van der Waals surface area contributed by atoms with Crippen LogP contribution in [-0.4, -0.2) is 36.3 Å². The van der Waals surface area contributed by atoms with Gasteiger partial charge in [-0.2, -0.15) is 0 Å². The maximum Gasteiger partial charge on any atom is 0.250 e. The zero-order chi connectivity index (χ0) is 14.5. The Kier molecular flexibility index (Phi) is 4.45. The molecule has 1 aromatic rings. The van der Waals surface area contributed by atoms with Crippen LogP contribution in [0.15, 0.2) is 18.2 Å². The van der Waals surface area contributed by atoms with Gasteiger partial charge in [-0.15, -0.1) is 0 Å². The first kappa shape index (κ1) is 14.2. The molecule has 0 spiro atoms. The summed E-state index contributed by atoms with van der Waals surface area (Å²) in [6, 6.07) is 5.06. The molecule has 0 aromatic heterocycles. The predicted octanol–water partition coefficient (Wildman–Crippen LogP) is 0.792. The summed E-state index contributed by atoms with van der Waals surface area (Å²) in [5.74, 6) is -0.404. The summed E-state index contributed by atoms with van der Waals surface area (Å²) in [7, 11) is 0. The zero-order valence-electron chi connectivity index (χ0n) is 11.4. The van der Waals surface area contributed by atoms with Crippen molar-refractivity contribution in [2.24, 2.45) is 5.73 Å². The molecule has 0 aliphatic carbocycles. The quantitative estimate of drug-likeness (QED) is 0.692. The van der Waals surface area contributed by atoms with Gasteiger partial charge in [0.05, 0.1) is 16.9 Å². The van der Waals surface area contributed by atoms with Crippen LogP contribution in [0, 0.1) is 0 Å². The molecule has 0 unspecified atom stereocenters. The third-order valence-corrected chi connectivity index (χ3v) is 3.48. The highest BCUT2D eigenvalue weighted by molar-refractivity contribution is 6.00. The van der Waals surface area contributed by atoms with Crippen molar-refractivity contribution in [3.05, 3.63) is 23.8 Å². The van der Waals surface area contributed by atoms with Crippen LogP contribution in [0.25, 0.3) is 0 Å². The van der Waals surface area contributed by atoms with Gasteiger partial charge in [0.25, 0.3) is 5.91 Å². The second-order valence-electron chi connectivity index (χ2n) is 4.90. The van der Waals surface area contributed by atoms with E-state index in [-0.39, 0.29) is 5.91 Å². The highest BCUT2D eigenvalue weighted by atomic mass is 16.2. The number of carbonyl (C=O) groups is 2. The molecule has 6 heteroatoms. The summed E-state index contributed by atoms with van der Waals surface area (Å²) in [6.07, 6.45) is 2.60. The van der Waals surface area contributed by atoms with Gasteiger partial charge in [0.1, 0.15) is 0 Å². The fourth-order valence-corrected chi connectivity index (χ4v) is 2.36. The highest BCUT2D eigenvalue weighted by Gasteiger charge is 2.17. The van der Waals surface area contributed by atoms with Gasteiger partial charge in [-0.1, -0.05) is 6.07 Å². The standard InChI is InChI=1S/C14H20N4O2/c15-13-10(14(16)20)4-3-5-11(13)17-7-6-12(19)18-8-1-2-9-18/h3-5,17H,1-2,6-9,15H2,(H2,16,20). The summed E-state index contributed by atoms with van der Waals surface area (Å²) >= 11 is 0.